The van der Waals surface area contributed by atoms with Crippen molar-refractivity contribution in [2.75, 3.05) is 0 Å². The van der Waals surface area contributed by atoms with Crippen LogP contribution in [0.4, 0.5) is 4.39 Å². The highest BCUT2D eigenvalue weighted by Gasteiger charge is 2.12. The van der Waals surface area contributed by atoms with Gasteiger partial charge >= 0.3 is 0 Å². The second-order valence-electron chi connectivity index (χ2n) is 5.66. The van der Waals surface area contributed by atoms with Gasteiger partial charge in [0.1, 0.15) is 11.5 Å². The van der Waals surface area contributed by atoms with Crippen molar-refractivity contribution in [1.82, 2.24) is 21.0 Å². The lowest BCUT2D eigenvalue weighted by Crippen LogP contribution is -2.41. The van der Waals surface area contributed by atoms with Gasteiger partial charge in [-0.15, -0.1) is 0 Å². The van der Waals surface area contributed by atoms with Gasteiger partial charge in [-0.25, -0.2) is 4.39 Å². The summed E-state index contributed by atoms with van der Waals surface area (Å²) in [6, 6.07) is 17.0. The first-order valence-corrected chi connectivity index (χ1v) is 8.06. The van der Waals surface area contributed by atoms with Crippen molar-refractivity contribution in [3.8, 4) is 11.3 Å². The van der Waals surface area contributed by atoms with Crippen LogP contribution in [0.3, 0.4) is 0 Å². The molecule has 0 radical (unpaired) electrons. The molecule has 0 spiro atoms. The molecule has 0 aliphatic carbocycles. The van der Waals surface area contributed by atoms with E-state index in [-0.39, 0.29) is 23.8 Å². The highest BCUT2D eigenvalue weighted by molar-refractivity contribution is 5.94. The molecule has 7 heteroatoms. The number of hydrazine groups is 1. The van der Waals surface area contributed by atoms with Crippen LogP contribution < -0.4 is 10.9 Å². The van der Waals surface area contributed by atoms with Crippen molar-refractivity contribution in [2.24, 2.45) is 0 Å². The third-order valence-electron chi connectivity index (χ3n) is 3.76. The number of nitrogens with one attached hydrogen (secondary N) is 3. The molecule has 3 N–H and O–H groups in total. The molecule has 1 heterocycles. The first kappa shape index (κ1) is 17.3. The molecule has 2 aromatic carbocycles. The number of hydrogen-bond acceptors (Lipinski definition) is 3. The quantitative estimate of drug-likeness (QED) is 0.617. The summed E-state index contributed by atoms with van der Waals surface area (Å²) in [5.41, 5.74) is 7.29. The molecule has 6 nitrogen and oxygen atoms in total. The number of carbonyl (C=O) groups is 2. The Balaban J connectivity index is 1.48. The number of H-pyrrole nitrogens is 1. The van der Waals surface area contributed by atoms with Gasteiger partial charge in [0.2, 0.25) is 5.91 Å². The summed E-state index contributed by atoms with van der Waals surface area (Å²) < 4.78 is 12.8. The molecule has 0 aliphatic rings. The largest absolute Gasteiger partial charge is 0.287 e. The Hall–Kier alpha value is -3.48. The Morgan fingerprint density at radius 3 is 2.46 bits per heavy atom. The summed E-state index contributed by atoms with van der Waals surface area (Å²) in [5, 5.41) is 6.73. The zero-order valence-corrected chi connectivity index (χ0v) is 13.8. The summed E-state index contributed by atoms with van der Waals surface area (Å²) in [7, 11) is 0. The maximum absolute atomic E-state index is 12.8. The van der Waals surface area contributed by atoms with Crippen molar-refractivity contribution in [3.05, 3.63) is 77.7 Å². The maximum Gasteiger partial charge on any atom is 0.287 e. The number of carbonyl (C=O) groups excluding carboxylic acids is 2. The van der Waals surface area contributed by atoms with Gasteiger partial charge in [-0.3, -0.25) is 25.5 Å². The Labute approximate surface area is 149 Å². The van der Waals surface area contributed by atoms with E-state index in [4.69, 9.17) is 0 Å². The first-order valence-electron chi connectivity index (χ1n) is 8.06. The molecule has 0 saturated heterocycles. The summed E-state index contributed by atoms with van der Waals surface area (Å²) in [6.45, 7) is 0. The fourth-order valence-corrected chi connectivity index (χ4v) is 2.36. The number of aryl methyl sites for hydroxylation is 1. The maximum atomic E-state index is 12.8. The molecule has 0 atom stereocenters. The number of benzene rings is 2. The number of nitrogens with zero attached hydrogens (tertiary/aromatic N) is 1. The fourth-order valence-electron chi connectivity index (χ4n) is 2.36. The molecular formula is C19H17FN4O2. The van der Waals surface area contributed by atoms with E-state index in [1.54, 1.807) is 18.2 Å². The van der Waals surface area contributed by atoms with E-state index >= 15 is 0 Å². The third kappa shape index (κ3) is 4.54. The van der Waals surface area contributed by atoms with Gasteiger partial charge in [0, 0.05) is 12.0 Å². The number of amides is 2. The van der Waals surface area contributed by atoms with Crippen LogP contribution in [0.5, 0.6) is 0 Å². The lowest BCUT2D eigenvalue weighted by atomic mass is 10.1. The molecule has 1 aromatic heterocycles. The molecule has 0 bridgehead atoms. The van der Waals surface area contributed by atoms with Gasteiger partial charge in [-0.05, 0) is 30.2 Å². The number of aromatic amines is 1. The Morgan fingerprint density at radius 2 is 1.73 bits per heavy atom. The Morgan fingerprint density at radius 1 is 1.00 bits per heavy atom. The van der Waals surface area contributed by atoms with Crippen LogP contribution in [-0.4, -0.2) is 22.0 Å². The number of aromatic nitrogens is 2. The second-order valence-corrected chi connectivity index (χ2v) is 5.66. The van der Waals surface area contributed by atoms with E-state index in [2.05, 4.69) is 21.0 Å². The molecule has 3 aromatic rings. The molecule has 0 saturated carbocycles. The predicted molar refractivity (Wildman–Crippen MR) is 94.4 cm³/mol. The average Bonchev–Trinajstić information content (AvgIpc) is 3.17. The molecule has 26 heavy (non-hydrogen) atoms. The zero-order valence-electron chi connectivity index (χ0n) is 13.8. The van der Waals surface area contributed by atoms with Crippen molar-refractivity contribution in [2.45, 2.75) is 12.8 Å². The van der Waals surface area contributed by atoms with Gasteiger partial charge in [0.15, 0.2) is 0 Å². The van der Waals surface area contributed by atoms with E-state index in [1.807, 2.05) is 30.3 Å². The van der Waals surface area contributed by atoms with Gasteiger partial charge < -0.3 is 0 Å². The van der Waals surface area contributed by atoms with Crippen LogP contribution in [-0.2, 0) is 11.2 Å². The van der Waals surface area contributed by atoms with Gasteiger partial charge in [-0.1, -0.05) is 42.5 Å². The second kappa shape index (κ2) is 8.06. The average molecular weight is 352 g/mol. The molecular weight excluding hydrogens is 335 g/mol. The highest BCUT2D eigenvalue weighted by atomic mass is 19.1. The lowest BCUT2D eigenvalue weighted by Gasteiger charge is -2.06. The molecule has 3 rings (SSSR count). The van der Waals surface area contributed by atoms with Crippen LogP contribution in [0.1, 0.15) is 22.5 Å². The van der Waals surface area contributed by atoms with Crippen LogP contribution in [0.25, 0.3) is 11.3 Å². The molecule has 132 valence electrons. The molecule has 0 unspecified atom stereocenters. The number of halogens is 1. The highest BCUT2D eigenvalue weighted by Crippen LogP contribution is 2.16. The normalized spacial score (nSPS) is 10.3. The predicted octanol–water partition coefficient (Wildman–Crippen LogP) is 2.61. The summed E-state index contributed by atoms with van der Waals surface area (Å²) in [6.07, 6.45) is 0.619. The minimum atomic E-state index is -0.491. The Kier molecular flexibility index (Phi) is 5.38. The topological polar surface area (TPSA) is 86.9 Å². The van der Waals surface area contributed by atoms with E-state index < -0.39 is 5.91 Å². The summed E-state index contributed by atoms with van der Waals surface area (Å²) in [5.74, 6) is -1.15. The van der Waals surface area contributed by atoms with Gasteiger partial charge in [0.05, 0.1) is 5.69 Å². The van der Waals surface area contributed by atoms with E-state index in [0.29, 0.717) is 12.1 Å². The van der Waals surface area contributed by atoms with E-state index in [9.17, 15) is 14.0 Å². The van der Waals surface area contributed by atoms with Gasteiger partial charge in [-0.2, -0.15) is 5.10 Å². The van der Waals surface area contributed by atoms with Crippen molar-refractivity contribution >= 4 is 11.8 Å². The van der Waals surface area contributed by atoms with Crippen molar-refractivity contribution < 1.29 is 14.0 Å². The summed E-state index contributed by atoms with van der Waals surface area (Å²) >= 11 is 0. The van der Waals surface area contributed by atoms with Crippen molar-refractivity contribution in [3.63, 3.8) is 0 Å². The first-order chi connectivity index (χ1) is 12.6. The van der Waals surface area contributed by atoms with Crippen molar-refractivity contribution in [1.29, 1.82) is 0 Å². The monoisotopic (exact) mass is 352 g/mol. The fraction of sp³-hybridized carbons (Fsp3) is 0.105. The van der Waals surface area contributed by atoms with E-state index in [1.165, 1.54) is 12.1 Å². The zero-order chi connectivity index (χ0) is 18.4. The van der Waals surface area contributed by atoms with Crippen LogP contribution in [0, 0.1) is 5.82 Å². The smallest absolute Gasteiger partial charge is 0.273 e. The number of hydrogen-bond donors (Lipinski definition) is 3. The molecule has 0 aliphatic heterocycles. The molecule has 2 amide bonds. The number of rotatable bonds is 5. The summed E-state index contributed by atoms with van der Waals surface area (Å²) in [4.78, 5) is 23.9. The SMILES string of the molecule is O=C(CCc1ccc(F)cc1)NNC(=O)c1cc(-c2ccccc2)n[nH]1. The standard InChI is InChI=1S/C19H17FN4O2/c20-15-9-6-13(7-10-15)8-11-18(25)23-24-19(26)17-12-16(21-22-17)14-4-2-1-3-5-14/h1-7,9-10,12H,8,11H2,(H,21,22)(H,23,25)(H,24,26). The third-order valence-corrected chi connectivity index (χ3v) is 3.76. The molecule has 0 fully saturated rings. The Bertz CT molecular complexity index is 891. The van der Waals surface area contributed by atoms with Crippen LogP contribution in [0.2, 0.25) is 0 Å². The van der Waals surface area contributed by atoms with Crippen LogP contribution >= 0.6 is 0 Å². The minimum Gasteiger partial charge on any atom is -0.273 e. The lowest BCUT2D eigenvalue weighted by molar-refractivity contribution is -0.121. The van der Waals surface area contributed by atoms with Gasteiger partial charge in [0.25, 0.3) is 5.91 Å². The van der Waals surface area contributed by atoms with E-state index in [0.717, 1.165) is 11.1 Å². The van der Waals surface area contributed by atoms with Crippen LogP contribution in [0.15, 0.2) is 60.7 Å². The minimum absolute atomic E-state index is 0.171.